The van der Waals surface area contributed by atoms with Crippen LogP contribution in [-0.2, 0) is 4.79 Å². The number of hydrogen-bond donors (Lipinski definition) is 2. The van der Waals surface area contributed by atoms with E-state index in [9.17, 15) is 19.8 Å². The van der Waals surface area contributed by atoms with Crippen LogP contribution in [0.1, 0.15) is 92.6 Å². The van der Waals surface area contributed by atoms with Crippen LogP contribution in [0.2, 0.25) is 0 Å². The van der Waals surface area contributed by atoms with Gasteiger partial charge in [-0.3, -0.25) is 4.79 Å². The molecular formula is C23H35NO4S. The number of hydrogen-bond acceptors (Lipinski definition) is 4. The van der Waals surface area contributed by atoms with Gasteiger partial charge in [-0.25, -0.2) is 4.79 Å². The van der Waals surface area contributed by atoms with Crippen molar-refractivity contribution in [1.82, 2.24) is 0 Å². The van der Waals surface area contributed by atoms with E-state index < -0.39 is 12.1 Å². The number of carbonyl (C=O) groups excluding carboxylic acids is 1. The standard InChI is InChI=1S/C23H35NO4S/c1-4-10-17(5-2)22(26)24(14-9-11-16(3)25)19-15-20(29-21(19)23(27)28)18-12-7-6-8-13-18/h7,12,15-18,25H,4-6,8-11,13-14H2,1-3H3,(H,27,28). The van der Waals surface area contributed by atoms with Gasteiger partial charge in [0.2, 0.25) is 5.91 Å². The van der Waals surface area contributed by atoms with E-state index in [4.69, 9.17) is 0 Å². The van der Waals surface area contributed by atoms with Gasteiger partial charge in [-0.1, -0.05) is 32.4 Å². The summed E-state index contributed by atoms with van der Waals surface area (Å²) in [6.45, 7) is 6.24. The lowest BCUT2D eigenvalue weighted by atomic mass is 9.94. The number of rotatable bonds is 11. The normalized spacial score (nSPS) is 18.4. The maximum absolute atomic E-state index is 13.4. The van der Waals surface area contributed by atoms with E-state index in [0.717, 1.165) is 43.4 Å². The zero-order chi connectivity index (χ0) is 21.4. The highest BCUT2D eigenvalue weighted by Gasteiger charge is 2.30. The van der Waals surface area contributed by atoms with Crippen molar-refractivity contribution in [2.45, 2.75) is 84.2 Å². The number of allylic oxidation sites excluding steroid dienone is 2. The molecule has 0 fully saturated rings. The summed E-state index contributed by atoms with van der Waals surface area (Å²) in [5.41, 5.74) is 0.529. The number of aromatic carboxylic acids is 1. The second-order valence-corrected chi connectivity index (χ2v) is 9.09. The van der Waals surface area contributed by atoms with E-state index in [1.54, 1.807) is 11.8 Å². The van der Waals surface area contributed by atoms with Crippen molar-refractivity contribution in [3.05, 3.63) is 28.0 Å². The number of thiophene rings is 1. The number of carbonyl (C=O) groups is 2. The first-order chi connectivity index (χ1) is 13.9. The summed E-state index contributed by atoms with van der Waals surface area (Å²) in [7, 11) is 0. The topological polar surface area (TPSA) is 77.8 Å². The number of anilines is 1. The van der Waals surface area contributed by atoms with Crippen LogP contribution >= 0.6 is 11.3 Å². The fourth-order valence-electron chi connectivity index (χ4n) is 3.95. The van der Waals surface area contributed by atoms with E-state index in [2.05, 4.69) is 19.1 Å². The van der Waals surface area contributed by atoms with Gasteiger partial charge in [-0.2, -0.15) is 0 Å². The third-order valence-corrected chi connectivity index (χ3v) is 6.83. The van der Waals surface area contributed by atoms with Crippen molar-refractivity contribution in [1.29, 1.82) is 0 Å². The molecule has 5 nitrogen and oxygen atoms in total. The lowest BCUT2D eigenvalue weighted by Gasteiger charge is -2.27. The number of aliphatic hydroxyl groups excluding tert-OH is 1. The number of aliphatic hydroxyl groups is 1. The largest absolute Gasteiger partial charge is 0.477 e. The molecule has 29 heavy (non-hydrogen) atoms. The molecular weight excluding hydrogens is 386 g/mol. The van der Waals surface area contributed by atoms with Gasteiger partial charge < -0.3 is 15.1 Å². The Morgan fingerprint density at radius 2 is 2.07 bits per heavy atom. The zero-order valence-electron chi connectivity index (χ0n) is 17.9. The van der Waals surface area contributed by atoms with Crippen molar-refractivity contribution in [3.8, 4) is 0 Å². The van der Waals surface area contributed by atoms with Crippen molar-refractivity contribution < 1.29 is 19.8 Å². The third kappa shape index (κ3) is 6.41. The first-order valence-corrected chi connectivity index (χ1v) is 11.7. The lowest BCUT2D eigenvalue weighted by Crippen LogP contribution is -2.37. The first-order valence-electron chi connectivity index (χ1n) is 10.9. The number of carboxylic acids is 1. The Bertz CT molecular complexity index is 710. The van der Waals surface area contributed by atoms with Crippen molar-refractivity contribution in [3.63, 3.8) is 0 Å². The first kappa shape index (κ1) is 23.6. The number of amides is 1. The van der Waals surface area contributed by atoms with E-state index in [0.29, 0.717) is 25.1 Å². The highest BCUT2D eigenvalue weighted by atomic mass is 32.1. The monoisotopic (exact) mass is 421 g/mol. The Labute approximate surface area is 178 Å². The molecule has 3 atom stereocenters. The van der Waals surface area contributed by atoms with Gasteiger partial charge in [0.25, 0.3) is 0 Å². The van der Waals surface area contributed by atoms with Crippen LogP contribution in [0.15, 0.2) is 18.2 Å². The van der Waals surface area contributed by atoms with Crippen LogP contribution in [0.25, 0.3) is 0 Å². The summed E-state index contributed by atoms with van der Waals surface area (Å²) in [6.07, 6.45) is 10.7. The van der Waals surface area contributed by atoms with Crippen molar-refractivity contribution >= 4 is 28.9 Å². The Morgan fingerprint density at radius 3 is 2.62 bits per heavy atom. The molecule has 1 aliphatic carbocycles. The molecule has 3 unspecified atom stereocenters. The van der Waals surface area contributed by atoms with Crippen molar-refractivity contribution in [2.24, 2.45) is 5.92 Å². The molecule has 1 aromatic heterocycles. The van der Waals surface area contributed by atoms with E-state index in [1.165, 1.54) is 11.3 Å². The van der Waals surface area contributed by atoms with Crippen LogP contribution in [0.4, 0.5) is 5.69 Å². The molecule has 0 spiro atoms. The zero-order valence-corrected chi connectivity index (χ0v) is 18.7. The molecule has 0 saturated carbocycles. The van der Waals surface area contributed by atoms with Gasteiger partial charge in [0, 0.05) is 23.3 Å². The fourth-order valence-corrected chi connectivity index (χ4v) is 5.07. The molecule has 0 bridgehead atoms. The smallest absolute Gasteiger partial charge is 0.348 e. The maximum Gasteiger partial charge on any atom is 0.348 e. The van der Waals surface area contributed by atoms with Crippen LogP contribution in [-0.4, -0.2) is 34.7 Å². The molecule has 1 heterocycles. The average Bonchev–Trinajstić information content (AvgIpc) is 3.15. The van der Waals surface area contributed by atoms with Crippen molar-refractivity contribution in [2.75, 3.05) is 11.4 Å². The Kier molecular flexibility index (Phi) is 9.37. The molecule has 1 amide bonds. The second-order valence-electron chi connectivity index (χ2n) is 8.01. The minimum atomic E-state index is -0.979. The third-order valence-electron chi connectivity index (χ3n) is 5.59. The fraction of sp³-hybridized carbons (Fsp3) is 0.652. The van der Waals surface area contributed by atoms with Crippen LogP contribution in [0, 0.1) is 5.92 Å². The minimum Gasteiger partial charge on any atom is -0.477 e. The quantitative estimate of drug-likeness (QED) is 0.457. The lowest BCUT2D eigenvalue weighted by molar-refractivity contribution is -0.122. The summed E-state index contributed by atoms with van der Waals surface area (Å²) >= 11 is 1.30. The molecule has 0 saturated heterocycles. The molecule has 1 aliphatic rings. The summed E-state index contributed by atoms with van der Waals surface area (Å²) in [5.74, 6) is -0.849. The molecule has 0 aromatic carbocycles. The van der Waals surface area contributed by atoms with Crippen LogP contribution in [0.5, 0.6) is 0 Å². The summed E-state index contributed by atoms with van der Waals surface area (Å²) in [5, 5.41) is 19.5. The molecule has 162 valence electrons. The Balaban J connectivity index is 2.39. The van der Waals surface area contributed by atoms with Gasteiger partial charge >= 0.3 is 5.97 Å². The Morgan fingerprint density at radius 1 is 1.31 bits per heavy atom. The molecule has 0 radical (unpaired) electrons. The molecule has 2 rings (SSSR count). The SMILES string of the molecule is CCCC(CC)C(=O)N(CCCC(C)O)c1cc(C2C=CCCC2)sc1C(=O)O. The molecule has 1 aromatic rings. The van der Waals surface area contributed by atoms with Gasteiger partial charge in [0.1, 0.15) is 4.88 Å². The average molecular weight is 422 g/mol. The van der Waals surface area contributed by atoms with Crippen LogP contribution < -0.4 is 4.90 Å². The molecule has 6 heteroatoms. The van der Waals surface area contributed by atoms with Gasteiger partial charge in [0.15, 0.2) is 0 Å². The highest BCUT2D eigenvalue weighted by molar-refractivity contribution is 7.14. The van der Waals surface area contributed by atoms with E-state index in [1.807, 2.05) is 13.0 Å². The van der Waals surface area contributed by atoms with Crippen LogP contribution in [0.3, 0.4) is 0 Å². The highest BCUT2D eigenvalue weighted by Crippen LogP contribution is 2.39. The van der Waals surface area contributed by atoms with Gasteiger partial charge in [0.05, 0.1) is 11.8 Å². The van der Waals surface area contributed by atoms with Gasteiger partial charge in [-0.15, -0.1) is 11.3 Å². The maximum atomic E-state index is 13.4. The number of nitrogens with zero attached hydrogens (tertiary/aromatic N) is 1. The number of carboxylic acid groups (broad SMARTS) is 1. The second kappa shape index (κ2) is 11.5. The molecule has 0 aliphatic heterocycles. The summed E-state index contributed by atoms with van der Waals surface area (Å²) in [6, 6.07) is 1.92. The Hall–Kier alpha value is -1.66. The minimum absolute atomic E-state index is 0.00554. The van der Waals surface area contributed by atoms with E-state index >= 15 is 0 Å². The van der Waals surface area contributed by atoms with Gasteiger partial charge in [-0.05, 0) is 57.9 Å². The molecule has 2 N–H and O–H groups in total. The predicted octanol–water partition coefficient (Wildman–Crippen LogP) is 5.59. The predicted molar refractivity (Wildman–Crippen MR) is 119 cm³/mol. The van der Waals surface area contributed by atoms with E-state index in [-0.39, 0.29) is 22.6 Å². The summed E-state index contributed by atoms with van der Waals surface area (Å²) in [4.78, 5) is 28.3. The summed E-state index contributed by atoms with van der Waals surface area (Å²) < 4.78 is 0.